The second kappa shape index (κ2) is 2.57. The largest absolute Gasteiger partial charge is 0.476 e. The van der Waals surface area contributed by atoms with Gasteiger partial charge in [0.15, 0.2) is 5.69 Å². The number of carboxylic acid groups (broad SMARTS) is 1. The molecular formula is C8H5NO2S. The third-order valence-corrected chi connectivity index (χ3v) is 2.37. The molecule has 0 saturated carbocycles. The second-order valence-electron chi connectivity index (χ2n) is 2.34. The molecule has 0 bridgehead atoms. The van der Waals surface area contributed by atoms with Crippen LogP contribution in [0.25, 0.3) is 10.8 Å². The van der Waals surface area contributed by atoms with Crippen molar-refractivity contribution in [1.82, 2.24) is 4.98 Å². The van der Waals surface area contributed by atoms with Gasteiger partial charge in [-0.25, -0.2) is 9.78 Å². The van der Waals surface area contributed by atoms with E-state index in [1.165, 1.54) is 17.5 Å². The molecule has 60 valence electrons. The molecule has 12 heavy (non-hydrogen) atoms. The summed E-state index contributed by atoms with van der Waals surface area (Å²) in [5.74, 6) is -0.973. The number of nitrogens with zero attached hydrogens (tertiary/aromatic N) is 1. The van der Waals surface area contributed by atoms with Gasteiger partial charge >= 0.3 is 5.97 Å². The van der Waals surface area contributed by atoms with E-state index in [0.717, 1.165) is 10.8 Å². The molecule has 2 aromatic rings. The molecule has 4 heteroatoms. The van der Waals surface area contributed by atoms with Crippen molar-refractivity contribution < 1.29 is 9.90 Å². The first-order valence-electron chi connectivity index (χ1n) is 3.33. The van der Waals surface area contributed by atoms with Crippen LogP contribution in [0.15, 0.2) is 23.0 Å². The summed E-state index contributed by atoms with van der Waals surface area (Å²) in [5.41, 5.74) is 0.133. The number of hydrogen-bond donors (Lipinski definition) is 1. The molecule has 3 nitrogen and oxygen atoms in total. The predicted octanol–water partition coefficient (Wildman–Crippen LogP) is 1.99. The SMILES string of the molecule is O=C(O)c1nccc2cscc12. The fourth-order valence-electron chi connectivity index (χ4n) is 1.06. The molecule has 0 aliphatic rings. The highest BCUT2D eigenvalue weighted by Gasteiger charge is 2.09. The Morgan fingerprint density at radius 2 is 2.33 bits per heavy atom. The van der Waals surface area contributed by atoms with Gasteiger partial charge in [-0.05, 0) is 16.8 Å². The van der Waals surface area contributed by atoms with Crippen molar-refractivity contribution >= 4 is 28.1 Å². The van der Waals surface area contributed by atoms with Crippen LogP contribution in [0.2, 0.25) is 0 Å². The molecule has 0 aromatic carbocycles. The Morgan fingerprint density at radius 3 is 3.08 bits per heavy atom. The van der Waals surface area contributed by atoms with E-state index in [1.54, 1.807) is 11.4 Å². The third-order valence-electron chi connectivity index (χ3n) is 1.61. The molecule has 2 heterocycles. The minimum Gasteiger partial charge on any atom is -0.476 e. The molecule has 0 spiro atoms. The maximum atomic E-state index is 10.7. The Hall–Kier alpha value is -1.42. The van der Waals surface area contributed by atoms with Crippen molar-refractivity contribution in [2.24, 2.45) is 0 Å². The summed E-state index contributed by atoms with van der Waals surface area (Å²) in [4.78, 5) is 14.4. The van der Waals surface area contributed by atoms with E-state index >= 15 is 0 Å². The highest BCUT2D eigenvalue weighted by atomic mass is 32.1. The monoisotopic (exact) mass is 179 g/mol. The van der Waals surface area contributed by atoms with Crippen LogP contribution in [0.5, 0.6) is 0 Å². The lowest BCUT2D eigenvalue weighted by Crippen LogP contribution is -1.99. The number of aromatic nitrogens is 1. The quantitative estimate of drug-likeness (QED) is 0.728. The maximum Gasteiger partial charge on any atom is 0.355 e. The van der Waals surface area contributed by atoms with Crippen molar-refractivity contribution in [3.8, 4) is 0 Å². The van der Waals surface area contributed by atoms with Crippen LogP contribution in [0, 0.1) is 0 Å². The van der Waals surface area contributed by atoms with Crippen LogP contribution in [0.3, 0.4) is 0 Å². The number of aromatic carboxylic acids is 1. The lowest BCUT2D eigenvalue weighted by molar-refractivity contribution is 0.0693. The molecule has 1 N–H and O–H groups in total. The van der Waals surface area contributed by atoms with Gasteiger partial charge in [-0.2, -0.15) is 11.3 Å². The lowest BCUT2D eigenvalue weighted by Gasteiger charge is -1.93. The smallest absolute Gasteiger partial charge is 0.355 e. The summed E-state index contributed by atoms with van der Waals surface area (Å²) >= 11 is 1.48. The molecule has 0 aliphatic carbocycles. The van der Waals surface area contributed by atoms with E-state index in [9.17, 15) is 4.79 Å². The van der Waals surface area contributed by atoms with Crippen molar-refractivity contribution in [3.63, 3.8) is 0 Å². The standard InChI is InChI=1S/C8H5NO2S/c10-8(11)7-6-4-12-3-5(6)1-2-9-7/h1-4H,(H,10,11). The summed E-state index contributed by atoms with van der Waals surface area (Å²) in [6.45, 7) is 0. The first-order valence-corrected chi connectivity index (χ1v) is 4.27. The molecule has 0 fully saturated rings. The summed E-state index contributed by atoms with van der Waals surface area (Å²) in [6.07, 6.45) is 1.51. The van der Waals surface area contributed by atoms with Crippen LogP contribution >= 0.6 is 11.3 Å². The van der Waals surface area contributed by atoms with Gasteiger partial charge in [0.2, 0.25) is 0 Å². The van der Waals surface area contributed by atoms with E-state index in [2.05, 4.69) is 4.98 Å². The second-order valence-corrected chi connectivity index (χ2v) is 3.08. The number of rotatable bonds is 1. The molecular weight excluding hydrogens is 174 g/mol. The van der Waals surface area contributed by atoms with Gasteiger partial charge in [0.05, 0.1) is 0 Å². The number of carbonyl (C=O) groups is 1. The molecule has 2 aromatic heterocycles. The van der Waals surface area contributed by atoms with Gasteiger partial charge in [-0.3, -0.25) is 0 Å². The molecule has 0 unspecified atom stereocenters. The Kier molecular flexibility index (Phi) is 1.55. The predicted molar refractivity (Wildman–Crippen MR) is 46.6 cm³/mol. The van der Waals surface area contributed by atoms with Crippen LogP contribution in [-0.2, 0) is 0 Å². The zero-order chi connectivity index (χ0) is 8.55. The minimum atomic E-state index is -0.973. The topological polar surface area (TPSA) is 50.2 Å². The Labute approximate surface area is 72.3 Å². The Bertz CT molecular complexity index is 435. The van der Waals surface area contributed by atoms with Gasteiger partial charge in [0, 0.05) is 17.0 Å². The Balaban J connectivity index is 2.82. The fraction of sp³-hybridized carbons (Fsp3) is 0. The van der Waals surface area contributed by atoms with Crippen LogP contribution in [0.1, 0.15) is 10.5 Å². The van der Waals surface area contributed by atoms with Gasteiger partial charge in [0.1, 0.15) is 0 Å². The average molecular weight is 179 g/mol. The summed E-state index contributed by atoms with van der Waals surface area (Å²) < 4.78 is 0. The number of carboxylic acids is 1. The summed E-state index contributed by atoms with van der Waals surface area (Å²) in [6, 6.07) is 1.80. The number of fused-ring (bicyclic) bond motifs is 1. The third kappa shape index (κ3) is 0.967. The molecule has 0 aliphatic heterocycles. The van der Waals surface area contributed by atoms with Crippen molar-refractivity contribution in [2.75, 3.05) is 0 Å². The van der Waals surface area contributed by atoms with Gasteiger partial charge in [0.25, 0.3) is 0 Å². The maximum absolute atomic E-state index is 10.7. The molecule has 0 amide bonds. The average Bonchev–Trinajstić information content (AvgIpc) is 2.49. The number of pyridine rings is 1. The number of thiophene rings is 1. The van der Waals surface area contributed by atoms with E-state index < -0.39 is 5.97 Å². The zero-order valence-corrected chi connectivity index (χ0v) is 6.84. The van der Waals surface area contributed by atoms with E-state index in [0.29, 0.717) is 0 Å². The highest BCUT2D eigenvalue weighted by Crippen LogP contribution is 2.20. The van der Waals surface area contributed by atoms with Crippen molar-refractivity contribution in [3.05, 3.63) is 28.7 Å². The minimum absolute atomic E-state index is 0.133. The Morgan fingerprint density at radius 1 is 1.50 bits per heavy atom. The molecule has 0 saturated heterocycles. The molecule has 0 radical (unpaired) electrons. The summed E-state index contributed by atoms with van der Waals surface area (Å²) in [5, 5.41) is 14.1. The van der Waals surface area contributed by atoms with E-state index in [4.69, 9.17) is 5.11 Å². The van der Waals surface area contributed by atoms with Crippen LogP contribution in [0.4, 0.5) is 0 Å². The van der Waals surface area contributed by atoms with Crippen molar-refractivity contribution in [1.29, 1.82) is 0 Å². The summed E-state index contributed by atoms with van der Waals surface area (Å²) in [7, 11) is 0. The normalized spacial score (nSPS) is 10.3. The molecule has 2 rings (SSSR count). The van der Waals surface area contributed by atoms with Gasteiger partial charge in [-0.1, -0.05) is 0 Å². The van der Waals surface area contributed by atoms with E-state index in [1.807, 2.05) is 5.38 Å². The van der Waals surface area contributed by atoms with Gasteiger partial charge < -0.3 is 5.11 Å². The first kappa shape index (κ1) is 7.24. The van der Waals surface area contributed by atoms with E-state index in [-0.39, 0.29) is 5.69 Å². The number of hydrogen-bond acceptors (Lipinski definition) is 3. The zero-order valence-electron chi connectivity index (χ0n) is 6.02. The van der Waals surface area contributed by atoms with Crippen molar-refractivity contribution in [2.45, 2.75) is 0 Å². The molecule has 0 atom stereocenters. The van der Waals surface area contributed by atoms with Crippen LogP contribution < -0.4 is 0 Å². The first-order chi connectivity index (χ1) is 5.79. The van der Waals surface area contributed by atoms with Crippen LogP contribution in [-0.4, -0.2) is 16.1 Å². The highest BCUT2D eigenvalue weighted by molar-refractivity contribution is 7.09. The van der Waals surface area contributed by atoms with Gasteiger partial charge in [-0.15, -0.1) is 0 Å². The lowest BCUT2D eigenvalue weighted by atomic mass is 10.2. The fourth-order valence-corrected chi connectivity index (χ4v) is 1.86.